The van der Waals surface area contributed by atoms with Crippen molar-refractivity contribution >= 4 is 5.78 Å². The molecule has 1 atom stereocenters. The van der Waals surface area contributed by atoms with E-state index in [1.807, 2.05) is 0 Å². The quantitative estimate of drug-likeness (QED) is 0.516. The van der Waals surface area contributed by atoms with Gasteiger partial charge in [0, 0.05) is 24.2 Å². The normalized spacial score (nSPS) is 18.5. The van der Waals surface area contributed by atoms with Crippen LogP contribution in [0, 0.1) is 12.3 Å². The van der Waals surface area contributed by atoms with Crippen molar-refractivity contribution < 1.29 is 4.79 Å². The van der Waals surface area contributed by atoms with Gasteiger partial charge in [-0.3, -0.25) is 4.79 Å². The van der Waals surface area contributed by atoms with Gasteiger partial charge in [0.05, 0.1) is 6.54 Å². The molecule has 0 aromatic heterocycles. The smallest absolute Gasteiger partial charge is 0.180 e. The van der Waals surface area contributed by atoms with Gasteiger partial charge in [0.1, 0.15) is 0 Å². The number of nitrogens with one attached hydrogen (secondary N) is 1. The Hall–Kier alpha value is -1.27. The van der Waals surface area contributed by atoms with E-state index in [0.717, 1.165) is 0 Å². The minimum atomic E-state index is -0.303. The van der Waals surface area contributed by atoms with E-state index in [1.165, 1.54) is 0 Å². The highest BCUT2D eigenvalue weighted by Gasteiger charge is 2.19. The molecule has 0 saturated carbocycles. The van der Waals surface area contributed by atoms with Crippen molar-refractivity contribution in [2.45, 2.75) is 12.5 Å². The summed E-state index contributed by atoms with van der Waals surface area (Å²) in [6, 6.07) is -0.303. The van der Waals surface area contributed by atoms with Gasteiger partial charge in [-0.1, -0.05) is 0 Å². The van der Waals surface area contributed by atoms with Crippen LogP contribution < -0.4 is 11.1 Å². The zero-order valence-electron chi connectivity index (χ0n) is 6.13. The van der Waals surface area contributed by atoms with E-state index in [-0.39, 0.29) is 11.8 Å². The molecule has 1 aliphatic heterocycles. The zero-order valence-corrected chi connectivity index (χ0v) is 6.13. The maximum Gasteiger partial charge on any atom is 0.180 e. The third kappa shape index (κ3) is 1.60. The van der Waals surface area contributed by atoms with Crippen LogP contribution in [0.4, 0.5) is 0 Å². The number of rotatable bonds is 2. The lowest BCUT2D eigenvalue weighted by Gasteiger charge is -2.05. The summed E-state index contributed by atoms with van der Waals surface area (Å²) in [5.74, 6) is 2.47. The second-order valence-corrected chi connectivity index (χ2v) is 2.42. The first-order valence-corrected chi connectivity index (χ1v) is 3.41. The Bertz CT molecular complexity index is 237. The molecule has 0 saturated heterocycles. The van der Waals surface area contributed by atoms with Gasteiger partial charge in [-0.15, -0.1) is 12.3 Å². The first kappa shape index (κ1) is 7.83. The van der Waals surface area contributed by atoms with E-state index in [2.05, 4.69) is 11.2 Å². The van der Waals surface area contributed by atoms with Crippen molar-refractivity contribution in [3.05, 3.63) is 11.8 Å². The molecule has 0 aliphatic carbocycles. The molecular weight excluding hydrogens is 140 g/mol. The van der Waals surface area contributed by atoms with E-state index in [0.29, 0.717) is 18.5 Å². The number of ketones is 1. The van der Waals surface area contributed by atoms with Gasteiger partial charge in [-0.2, -0.15) is 0 Å². The third-order valence-corrected chi connectivity index (χ3v) is 1.58. The van der Waals surface area contributed by atoms with Crippen LogP contribution in [0.1, 0.15) is 6.42 Å². The van der Waals surface area contributed by atoms with Crippen molar-refractivity contribution in [2.24, 2.45) is 5.73 Å². The topological polar surface area (TPSA) is 55.1 Å². The Kier molecular flexibility index (Phi) is 2.29. The Labute approximate surface area is 65.6 Å². The van der Waals surface area contributed by atoms with Crippen molar-refractivity contribution in [1.29, 1.82) is 0 Å². The van der Waals surface area contributed by atoms with E-state index in [4.69, 9.17) is 12.2 Å². The van der Waals surface area contributed by atoms with Crippen molar-refractivity contribution in [3.8, 4) is 12.3 Å². The molecule has 0 unspecified atom stereocenters. The average Bonchev–Trinajstić information content (AvgIpc) is 2.36. The van der Waals surface area contributed by atoms with Crippen molar-refractivity contribution in [3.63, 3.8) is 0 Å². The van der Waals surface area contributed by atoms with Crippen molar-refractivity contribution in [2.75, 3.05) is 6.54 Å². The summed E-state index contributed by atoms with van der Waals surface area (Å²) < 4.78 is 0. The molecule has 58 valence electrons. The minimum Gasteiger partial charge on any atom is -0.383 e. The summed E-state index contributed by atoms with van der Waals surface area (Å²) in [6.45, 7) is 0.355. The molecule has 3 nitrogen and oxygen atoms in total. The van der Waals surface area contributed by atoms with Crippen molar-refractivity contribution in [1.82, 2.24) is 5.32 Å². The molecule has 0 radical (unpaired) electrons. The SMILES string of the molecule is C#CC[C@H](N)C1=CNCC1=O. The van der Waals surface area contributed by atoms with E-state index in [1.54, 1.807) is 6.20 Å². The maximum absolute atomic E-state index is 11.0. The lowest BCUT2D eigenvalue weighted by Crippen LogP contribution is -2.25. The molecule has 1 aliphatic rings. The first-order chi connectivity index (χ1) is 5.25. The number of hydrogen-bond donors (Lipinski definition) is 2. The number of nitrogens with two attached hydrogens (primary N) is 1. The number of terminal acetylenes is 1. The second kappa shape index (κ2) is 3.22. The standard InChI is InChI=1S/C8H10N2O/c1-2-3-7(9)6-4-10-5-8(6)11/h1,4,7,10H,3,5,9H2/t7-/m0/s1. The lowest BCUT2D eigenvalue weighted by atomic mass is 10.0. The van der Waals surface area contributed by atoms with Gasteiger partial charge in [-0.25, -0.2) is 0 Å². The molecule has 0 spiro atoms. The number of Topliss-reactive ketones (excluding diaryl/α,β-unsaturated/α-hetero) is 1. The van der Waals surface area contributed by atoms with E-state index < -0.39 is 0 Å². The monoisotopic (exact) mass is 150 g/mol. The number of carbonyl (C=O) groups is 1. The van der Waals surface area contributed by atoms with Gasteiger partial charge >= 0.3 is 0 Å². The molecule has 0 fully saturated rings. The lowest BCUT2D eigenvalue weighted by molar-refractivity contribution is -0.114. The predicted octanol–water partition coefficient (Wildman–Crippen LogP) is -0.607. The summed E-state index contributed by atoms with van der Waals surface area (Å²) >= 11 is 0. The predicted molar refractivity (Wildman–Crippen MR) is 42.5 cm³/mol. The fraction of sp³-hybridized carbons (Fsp3) is 0.375. The minimum absolute atomic E-state index is 0.0488. The average molecular weight is 150 g/mol. The van der Waals surface area contributed by atoms with E-state index in [9.17, 15) is 4.79 Å². The summed E-state index contributed by atoms with van der Waals surface area (Å²) in [4.78, 5) is 11.0. The van der Waals surface area contributed by atoms with Crippen LogP contribution in [0.3, 0.4) is 0 Å². The van der Waals surface area contributed by atoms with Crippen LogP contribution in [-0.4, -0.2) is 18.4 Å². The summed E-state index contributed by atoms with van der Waals surface area (Å²) in [6.07, 6.45) is 7.11. The van der Waals surface area contributed by atoms with Crippen LogP contribution in [-0.2, 0) is 4.79 Å². The molecule has 1 rings (SSSR count). The van der Waals surface area contributed by atoms with Gasteiger partial charge in [-0.05, 0) is 0 Å². The summed E-state index contributed by atoms with van der Waals surface area (Å²) in [5, 5.41) is 2.80. The van der Waals surface area contributed by atoms with Crippen LogP contribution in [0.15, 0.2) is 11.8 Å². The molecule has 0 aromatic carbocycles. The highest BCUT2D eigenvalue weighted by Crippen LogP contribution is 2.07. The highest BCUT2D eigenvalue weighted by atomic mass is 16.1. The summed E-state index contributed by atoms with van der Waals surface area (Å²) in [5.41, 5.74) is 6.22. The van der Waals surface area contributed by atoms with Crippen LogP contribution in [0.2, 0.25) is 0 Å². The molecule has 0 aromatic rings. The van der Waals surface area contributed by atoms with Gasteiger partial charge < -0.3 is 11.1 Å². The highest BCUT2D eigenvalue weighted by molar-refractivity contribution is 6.00. The van der Waals surface area contributed by atoms with Crippen LogP contribution in [0.5, 0.6) is 0 Å². The Balaban J connectivity index is 2.61. The third-order valence-electron chi connectivity index (χ3n) is 1.58. The molecule has 1 heterocycles. The number of carbonyl (C=O) groups excluding carboxylic acids is 1. The Morgan fingerprint density at radius 1 is 1.91 bits per heavy atom. The largest absolute Gasteiger partial charge is 0.383 e. The maximum atomic E-state index is 11.0. The molecule has 0 amide bonds. The molecule has 11 heavy (non-hydrogen) atoms. The second-order valence-electron chi connectivity index (χ2n) is 2.42. The fourth-order valence-corrected chi connectivity index (χ4v) is 0.987. The number of hydrogen-bond acceptors (Lipinski definition) is 3. The first-order valence-electron chi connectivity index (χ1n) is 3.41. The van der Waals surface area contributed by atoms with Gasteiger partial charge in [0.25, 0.3) is 0 Å². The molecule has 3 N–H and O–H groups in total. The van der Waals surface area contributed by atoms with Crippen LogP contribution in [0.25, 0.3) is 0 Å². The molecule has 3 heteroatoms. The Morgan fingerprint density at radius 2 is 2.64 bits per heavy atom. The fourth-order valence-electron chi connectivity index (χ4n) is 0.987. The van der Waals surface area contributed by atoms with Gasteiger partial charge in [0.2, 0.25) is 0 Å². The van der Waals surface area contributed by atoms with E-state index >= 15 is 0 Å². The molecule has 0 bridgehead atoms. The Morgan fingerprint density at radius 3 is 3.09 bits per heavy atom. The zero-order chi connectivity index (χ0) is 8.27. The van der Waals surface area contributed by atoms with Gasteiger partial charge in [0.15, 0.2) is 5.78 Å². The van der Waals surface area contributed by atoms with Crippen LogP contribution >= 0.6 is 0 Å². The summed E-state index contributed by atoms with van der Waals surface area (Å²) in [7, 11) is 0. The molecular formula is C8H10N2O.